The zero-order valence-electron chi connectivity index (χ0n) is 30.1. The molecule has 0 bridgehead atoms. The topological polar surface area (TPSA) is 152 Å². The summed E-state index contributed by atoms with van der Waals surface area (Å²) < 4.78 is 146. The van der Waals surface area contributed by atoms with Gasteiger partial charge in [-0.25, -0.2) is 22.9 Å². The molecule has 312 valence electrons. The van der Waals surface area contributed by atoms with Gasteiger partial charge in [-0.3, -0.25) is 0 Å². The maximum absolute atomic E-state index is 13.2. The summed E-state index contributed by atoms with van der Waals surface area (Å²) in [6.45, 7) is -0.828. The summed E-state index contributed by atoms with van der Waals surface area (Å²) >= 11 is 0. The number of sulfonamides is 1. The number of carboxylic acid groups (broad SMARTS) is 1. The van der Waals surface area contributed by atoms with Crippen molar-refractivity contribution in [3.8, 4) is 11.5 Å². The Balaban J connectivity index is 0.000000940. The Morgan fingerprint density at radius 2 is 1.39 bits per heavy atom. The number of halogens is 9. The molecule has 0 saturated heterocycles. The minimum absolute atomic E-state index is 0.0170. The lowest BCUT2D eigenvalue weighted by Crippen LogP contribution is -2.33. The number of para-hydroxylation sites is 1. The summed E-state index contributed by atoms with van der Waals surface area (Å²) in [6, 6.07) is 18.3. The van der Waals surface area contributed by atoms with Crippen LogP contribution in [-0.4, -0.2) is 74.3 Å². The van der Waals surface area contributed by atoms with E-state index in [0.29, 0.717) is 31.2 Å². The highest BCUT2D eigenvalue weighted by Crippen LogP contribution is 2.33. The third kappa shape index (κ3) is 14.4. The van der Waals surface area contributed by atoms with E-state index in [-0.39, 0.29) is 18.4 Å². The Labute approximate surface area is 321 Å². The Hall–Kier alpha value is -5.05. The molecule has 0 aliphatic heterocycles. The molecule has 0 unspecified atom stereocenters. The van der Waals surface area contributed by atoms with Crippen LogP contribution in [0.15, 0.2) is 71.6 Å². The summed E-state index contributed by atoms with van der Waals surface area (Å²) in [5.74, 6) is -2.59. The van der Waals surface area contributed by atoms with Gasteiger partial charge in [-0.15, -0.1) is 0 Å². The number of carbonyl (C=O) groups is 1. The number of hydrogen-bond donors (Lipinski definition) is 4. The van der Waals surface area contributed by atoms with Crippen LogP contribution in [0.3, 0.4) is 0 Å². The number of benzene rings is 3. The number of alkyl halides is 9. The molecule has 11 nitrogen and oxygen atoms in total. The number of rotatable bonds is 14. The molecule has 0 spiro atoms. The molecule has 0 atom stereocenters. The van der Waals surface area contributed by atoms with Crippen molar-refractivity contribution in [1.29, 1.82) is 0 Å². The summed E-state index contributed by atoms with van der Waals surface area (Å²) in [7, 11) is -4.48. The van der Waals surface area contributed by atoms with Crippen LogP contribution in [0.25, 0.3) is 10.9 Å². The number of nitrogens with one attached hydrogen (secondary N) is 3. The van der Waals surface area contributed by atoms with E-state index in [1.165, 1.54) is 5.56 Å². The molecule has 5 rings (SSSR count). The largest absolute Gasteiger partial charge is 0.490 e. The first-order valence-electron chi connectivity index (χ1n) is 17.3. The first-order valence-corrected chi connectivity index (χ1v) is 18.8. The van der Waals surface area contributed by atoms with Gasteiger partial charge in [-0.05, 0) is 85.9 Å². The van der Waals surface area contributed by atoms with Gasteiger partial charge in [0.25, 0.3) is 0 Å². The second kappa shape index (κ2) is 18.9. The van der Waals surface area contributed by atoms with Gasteiger partial charge < -0.3 is 25.2 Å². The predicted octanol–water partition coefficient (Wildman–Crippen LogP) is 8.65. The number of fused-ring (bicyclic) bond motifs is 1. The van der Waals surface area contributed by atoms with Crippen molar-refractivity contribution in [2.45, 2.75) is 62.5 Å². The van der Waals surface area contributed by atoms with Crippen LogP contribution in [0.1, 0.15) is 38.2 Å². The average molecular weight is 840 g/mol. The van der Waals surface area contributed by atoms with E-state index in [9.17, 15) is 47.9 Å². The molecule has 3 aromatic carbocycles. The van der Waals surface area contributed by atoms with Crippen LogP contribution in [0.5, 0.6) is 11.5 Å². The molecular weight excluding hydrogens is 801 g/mol. The van der Waals surface area contributed by atoms with Crippen LogP contribution in [0, 0.1) is 11.8 Å². The fourth-order valence-corrected chi connectivity index (χ4v) is 6.90. The number of aromatic nitrogens is 2. The van der Waals surface area contributed by atoms with Crippen LogP contribution in [-0.2, 0) is 21.2 Å². The van der Waals surface area contributed by atoms with E-state index in [0.717, 1.165) is 54.1 Å². The number of aryl methyl sites for hydroxylation is 1. The lowest BCUT2D eigenvalue weighted by atomic mass is 9.82. The van der Waals surface area contributed by atoms with E-state index in [1.807, 2.05) is 36.4 Å². The molecule has 1 fully saturated rings. The minimum Gasteiger partial charge on any atom is -0.484 e. The molecular formula is C36H38F9N5O6S. The van der Waals surface area contributed by atoms with Crippen LogP contribution < -0.4 is 24.8 Å². The second-order valence-corrected chi connectivity index (χ2v) is 14.7. The van der Waals surface area contributed by atoms with E-state index < -0.39 is 64.1 Å². The monoisotopic (exact) mass is 839 g/mol. The molecule has 1 saturated carbocycles. The second-order valence-electron chi connectivity index (χ2n) is 12.9. The molecule has 1 aliphatic rings. The van der Waals surface area contributed by atoms with Gasteiger partial charge in [0.15, 0.2) is 13.2 Å². The fraction of sp³-hybridized carbons (Fsp3) is 0.417. The number of aliphatic carboxylic acids is 1. The van der Waals surface area contributed by atoms with Crippen molar-refractivity contribution in [2.24, 2.45) is 11.8 Å². The average Bonchev–Trinajstić information content (AvgIpc) is 3.15. The van der Waals surface area contributed by atoms with Crippen LogP contribution >= 0.6 is 0 Å². The maximum Gasteiger partial charge on any atom is 0.490 e. The van der Waals surface area contributed by atoms with E-state index in [4.69, 9.17) is 14.9 Å². The zero-order chi connectivity index (χ0) is 42.0. The maximum atomic E-state index is 13.2. The number of anilines is 3. The number of ether oxygens (including phenoxy) is 2. The third-order valence-electron chi connectivity index (χ3n) is 8.55. The van der Waals surface area contributed by atoms with Crippen LogP contribution in [0.2, 0.25) is 0 Å². The van der Waals surface area contributed by atoms with Gasteiger partial charge in [0, 0.05) is 30.2 Å². The van der Waals surface area contributed by atoms with Gasteiger partial charge in [0.05, 0.1) is 5.52 Å². The van der Waals surface area contributed by atoms with Crippen molar-refractivity contribution >= 4 is 44.3 Å². The molecule has 21 heteroatoms. The molecule has 1 aromatic heterocycles. The molecule has 1 heterocycles. The smallest absolute Gasteiger partial charge is 0.484 e. The minimum atomic E-state index is -5.08. The van der Waals surface area contributed by atoms with Crippen molar-refractivity contribution in [3.63, 3.8) is 0 Å². The van der Waals surface area contributed by atoms with Crippen molar-refractivity contribution < 1.29 is 67.3 Å². The number of hydrogen-bond acceptors (Lipinski definition) is 9. The van der Waals surface area contributed by atoms with Gasteiger partial charge in [-0.1, -0.05) is 31.2 Å². The molecule has 4 aromatic rings. The van der Waals surface area contributed by atoms with Gasteiger partial charge >= 0.3 is 24.5 Å². The molecule has 1 aliphatic carbocycles. The van der Waals surface area contributed by atoms with Gasteiger partial charge in [0.1, 0.15) is 22.2 Å². The summed E-state index contributed by atoms with van der Waals surface area (Å²) in [5.41, 5.74) is 2.90. The first-order chi connectivity index (χ1) is 26.6. The Morgan fingerprint density at radius 3 is 1.96 bits per heavy atom. The van der Waals surface area contributed by atoms with Crippen molar-refractivity contribution in [1.82, 2.24) is 14.7 Å². The van der Waals surface area contributed by atoms with Gasteiger partial charge in [-0.2, -0.15) is 44.5 Å². The normalized spacial score (nSPS) is 16.3. The quantitative estimate of drug-likeness (QED) is 0.0909. The standard InChI is InChI=1S/C34H37F6N5O4S.C2HF3O2/c1-2-22-11-13-25(14-12-22)43-31-27-5-3-4-6-28(27)44-32(45-31)41-18-23-7-9-24(10-8-23)19-42-50(46,47)30-17-26(48-20-33(35,36)37)15-16-29(30)49-21-34(38,39)40;3-2(4,5)1(6)7/h3-6,11-17,23-24,42H,2,7-10,18-21H2,1H3,(H2,41,43,44,45);(H,6,7). The van der Waals surface area contributed by atoms with Crippen LogP contribution in [0.4, 0.5) is 57.0 Å². The van der Waals surface area contributed by atoms with Gasteiger partial charge in [0.2, 0.25) is 16.0 Å². The predicted molar refractivity (Wildman–Crippen MR) is 191 cm³/mol. The van der Waals surface area contributed by atoms with Crippen molar-refractivity contribution in [2.75, 3.05) is 36.9 Å². The molecule has 4 N–H and O–H groups in total. The number of carboxylic acids is 1. The molecule has 0 radical (unpaired) electrons. The first kappa shape index (κ1) is 44.7. The van der Waals surface area contributed by atoms with E-state index in [1.54, 1.807) is 0 Å². The highest BCUT2D eigenvalue weighted by molar-refractivity contribution is 7.89. The Bertz CT molecular complexity index is 2060. The van der Waals surface area contributed by atoms with Crippen molar-refractivity contribution in [3.05, 3.63) is 72.3 Å². The summed E-state index contributed by atoms with van der Waals surface area (Å²) in [5, 5.41) is 14.7. The van der Waals surface area contributed by atoms with E-state index in [2.05, 4.69) is 48.9 Å². The number of nitrogens with zero attached hydrogens (tertiary/aromatic N) is 2. The molecule has 0 amide bonds. The SMILES string of the molecule is CCc1ccc(Nc2nc(NCC3CCC(CNS(=O)(=O)c4cc(OCC(F)(F)F)ccc4OCC(F)(F)F)CC3)nc3ccccc23)cc1.O=C(O)C(F)(F)F. The highest BCUT2D eigenvalue weighted by atomic mass is 32.2. The highest BCUT2D eigenvalue weighted by Gasteiger charge is 2.38. The lowest BCUT2D eigenvalue weighted by Gasteiger charge is -2.29. The summed E-state index contributed by atoms with van der Waals surface area (Å²) in [6.07, 6.45) is -10.8. The Kier molecular flexibility index (Phi) is 14.8. The third-order valence-corrected chi connectivity index (χ3v) is 9.99. The van der Waals surface area contributed by atoms with E-state index >= 15 is 0 Å². The fourth-order valence-electron chi connectivity index (χ4n) is 5.62. The summed E-state index contributed by atoms with van der Waals surface area (Å²) in [4.78, 5) is 17.6. The lowest BCUT2D eigenvalue weighted by molar-refractivity contribution is -0.192. The Morgan fingerprint density at radius 1 is 0.807 bits per heavy atom. The zero-order valence-corrected chi connectivity index (χ0v) is 30.9. The molecule has 57 heavy (non-hydrogen) atoms.